The van der Waals surface area contributed by atoms with Crippen LogP contribution >= 0.6 is 0 Å². The standard InChI is InChI=1S/C15H18FNO2/c1-10-4-6-13(19-10)9-17-11(2)12-5-7-15(18-3)14(16)8-12/h4-8,11,17H,9H2,1-3H3. The molecule has 0 spiro atoms. The van der Waals surface area contributed by atoms with Crippen molar-refractivity contribution >= 4 is 0 Å². The monoisotopic (exact) mass is 263 g/mol. The van der Waals surface area contributed by atoms with E-state index in [4.69, 9.17) is 9.15 Å². The lowest BCUT2D eigenvalue weighted by atomic mass is 10.1. The van der Waals surface area contributed by atoms with Crippen molar-refractivity contribution in [1.29, 1.82) is 0 Å². The highest BCUT2D eigenvalue weighted by molar-refractivity contribution is 5.30. The van der Waals surface area contributed by atoms with Crippen molar-refractivity contribution < 1.29 is 13.5 Å². The van der Waals surface area contributed by atoms with Gasteiger partial charge in [-0.3, -0.25) is 0 Å². The molecule has 0 aliphatic heterocycles. The molecule has 1 unspecified atom stereocenters. The van der Waals surface area contributed by atoms with E-state index in [0.29, 0.717) is 6.54 Å². The maximum atomic E-state index is 13.6. The zero-order valence-corrected chi connectivity index (χ0v) is 11.4. The molecule has 0 fully saturated rings. The molecule has 0 aliphatic carbocycles. The van der Waals surface area contributed by atoms with Crippen LogP contribution in [0.2, 0.25) is 0 Å². The van der Waals surface area contributed by atoms with Gasteiger partial charge in [0.05, 0.1) is 13.7 Å². The van der Waals surface area contributed by atoms with E-state index in [0.717, 1.165) is 17.1 Å². The van der Waals surface area contributed by atoms with Crippen LogP contribution in [0, 0.1) is 12.7 Å². The third-order valence-electron chi connectivity index (χ3n) is 3.05. The van der Waals surface area contributed by atoms with Crippen LogP contribution in [0.15, 0.2) is 34.7 Å². The number of hydrogen-bond donors (Lipinski definition) is 1. The summed E-state index contributed by atoms with van der Waals surface area (Å²) in [6, 6.07) is 8.88. The molecule has 1 aromatic carbocycles. The molecule has 0 amide bonds. The normalized spacial score (nSPS) is 12.4. The number of furan rings is 1. The average molecular weight is 263 g/mol. The van der Waals surface area contributed by atoms with E-state index < -0.39 is 0 Å². The first-order valence-corrected chi connectivity index (χ1v) is 6.22. The molecule has 0 saturated heterocycles. The van der Waals surface area contributed by atoms with E-state index in [1.807, 2.05) is 32.0 Å². The molecule has 2 aromatic rings. The average Bonchev–Trinajstić information content (AvgIpc) is 2.81. The van der Waals surface area contributed by atoms with Gasteiger partial charge >= 0.3 is 0 Å². The summed E-state index contributed by atoms with van der Waals surface area (Å²) in [5.41, 5.74) is 0.876. The maximum Gasteiger partial charge on any atom is 0.165 e. The quantitative estimate of drug-likeness (QED) is 0.895. The van der Waals surface area contributed by atoms with Gasteiger partial charge in [-0.25, -0.2) is 4.39 Å². The molecule has 0 aliphatic rings. The SMILES string of the molecule is COc1ccc(C(C)NCc2ccc(C)o2)cc1F. The van der Waals surface area contributed by atoms with Crippen LogP contribution in [0.3, 0.4) is 0 Å². The molecule has 2 rings (SSSR count). The Morgan fingerprint density at radius 2 is 2.11 bits per heavy atom. The van der Waals surface area contributed by atoms with Gasteiger partial charge in [-0.15, -0.1) is 0 Å². The fourth-order valence-electron chi connectivity index (χ4n) is 1.90. The summed E-state index contributed by atoms with van der Waals surface area (Å²) >= 11 is 0. The fraction of sp³-hybridized carbons (Fsp3) is 0.333. The Balaban J connectivity index is 1.99. The molecule has 19 heavy (non-hydrogen) atoms. The highest BCUT2D eigenvalue weighted by atomic mass is 19.1. The van der Waals surface area contributed by atoms with Gasteiger partial charge < -0.3 is 14.5 Å². The van der Waals surface area contributed by atoms with Gasteiger partial charge in [0.25, 0.3) is 0 Å². The van der Waals surface area contributed by atoms with E-state index in [1.54, 1.807) is 6.07 Å². The lowest BCUT2D eigenvalue weighted by Crippen LogP contribution is -2.17. The fourth-order valence-corrected chi connectivity index (χ4v) is 1.90. The van der Waals surface area contributed by atoms with Gasteiger partial charge in [-0.1, -0.05) is 6.07 Å². The molecule has 3 nitrogen and oxygen atoms in total. The topological polar surface area (TPSA) is 34.4 Å². The highest BCUT2D eigenvalue weighted by Crippen LogP contribution is 2.22. The van der Waals surface area contributed by atoms with Crippen molar-refractivity contribution in [3.8, 4) is 5.75 Å². The molecule has 1 N–H and O–H groups in total. The Kier molecular flexibility index (Phi) is 4.22. The number of aryl methyl sites for hydroxylation is 1. The molecule has 4 heteroatoms. The molecule has 0 radical (unpaired) electrons. The summed E-state index contributed by atoms with van der Waals surface area (Å²) < 4.78 is 24.0. The summed E-state index contributed by atoms with van der Waals surface area (Å²) in [5, 5.41) is 3.29. The summed E-state index contributed by atoms with van der Waals surface area (Å²) in [6.07, 6.45) is 0. The van der Waals surface area contributed by atoms with Crippen LogP contribution in [0.25, 0.3) is 0 Å². The largest absolute Gasteiger partial charge is 0.494 e. The Morgan fingerprint density at radius 1 is 1.32 bits per heavy atom. The first kappa shape index (κ1) is 13.6. The van der Waals surface area contributed by atoms with E-state index >= 15 is 0 Å². The first-order valence-electron chi connectivity index (χ1n) is 6.22. The van der Waals surface area contributed by atoms with Crippen molar-refractivity contribution in [1.82, 2.24) is 5.32 Å². The summed E-state index contributed by atoms with van der Waals surface area (Å²) in [4.78, 5) is 0. The lowest BCUT2D eigenvalue weighted by Gasteiger charge is -2.14. The number of hydrogen-bond acceptors (Lipinski definition) is 3. The predicted octanol–water partition coefficient (Wildman–Crippen LogP) is 3.59. The van der Waals surface area contributed by atoms with Gasteiger partial charge in [0, 0.05) is 6.04 Å². The summed E-state index contributed by atoms with van der Waals surface area (Å²) in [7, 11) is 1.46. The minimum Gasteiger partial charge on any atom is -0.494 e. The van der Waals surface area contributed by atoms with Gasteiger partial charge in [0.15, 0.2) is 11.6 Å². The van der Waals surface area contributed by atoms with Crippen molar-refractivity contribution in [2.24, 2.45) is 0 Å². The molecule has 1 atom stereocenters. The molecular formula is C15H18FNO2. The van der Waals surface area contributed by atoms with Gasteiger partial charge in [-0.2, -0.15) is 0 Å². The third-order valence-corrected chi connectivity index (χ3v) is 3.05. The first-order chi connectivity index (χ1) is 9.10. The number of rotatable bonds is 5. The Labute approximate surface area is 112 Å². The number of methoxy groups -OCH3 is 1. The Hall–Kier alpha value is -1.81. The minimum absolute atomic E-state index is 0.0332. The summed E-state index contributed by atoms with van der Waals surface area (Å²) in [6.45, 7) is 4.51. The van der Waals surface area contributed by atoms with Gasteiger partial charge in [0.1, 0.15) is 11.5 Å². The number of ether oxygens (including phenoxy) is 1. The molecule has 1 aromatic heterocycles. The van der Waals surface area contributed by atoms with Crippen LogP contribution in [-0.2, 0) is 6.54 Å². The van der Waals surface area contributed by atoms with E-state index in [9.17, 15) is 4.39 Å². The second-order valence-corrected chi connectivity index (χ2v) is 4.51. The van der Waals surface area contributed by atoms with E-state index in [-0.39, 0.29) is 17.6 Å². The maximum absolute atomic E-state index is 13.6. The van der Waals surface area contributed by atoms with Crippen molar-refractivity contribution in [3.63, 3.8) is 0 Å². The summed E-state index contributed by atoms with van der Waals surface area (Å²) in [5.74, 6) is 1.68. The van der Waals surface area contributed by atoms with Crippen molar-refractivity contribution in [2.45, 2.75) is 26.4 Å². The number of halogens is 1. The van der Waals surface area contributed by atoms with Crippen LogP contribution in [0.1, 0.15) is 30.0 Å². The van der Waals surface area contributed by atoms with E-state index in [1.165, 1.54) is 13.2 Å². The zero-order chi connectivity index (χ0) is 13.8. The molecule has 1 heterocycles. The van der Waals surface area contributed by atoms with E-state index in [2.05, 4.69) is 5.32 Å². The van der Waals surface area contributed by atoms with Crippen LogP contribution in [0.4, 0.5) is 4.39 Å². The minimum atomic E-state index is -0.345. The van der Waals surface area contributed by atoms with Crippen LogP contribution in [0.5, 0.6) is 5.75 Å². The second-order valence-electron chi connectivity index (χ2n) is 4.51. The Bertz CT molecular complexity index is 551. The van der Waals surface area contributed by atoms with Crippen molar-refractivity contribution in [3.05, 3.63) is 53.2 Å². The molecular weight excluding hydrogens is 245 g/mol. The predicted molar refractivity (Wildman–Crippen MR) is 71.7 cm³/mol. The van der Waals surface area contributed by atoms with Gasteiger partial charge in [-0.05, 0) is 43.7 Å². The molecule has 0 saturated carbocycles. The zero-order valence-electron chi connectivity index (χ0n) is 11.4. The van der Waals surface area contributed by atoms with Crippen molar-refractivity contribution in [2.75, 3.05) is 7.11 Å². The second kappa shape index (κ2) is 5.89. The number of nitrogens with one attached hydrogen (secondary N) is 1. The molecule has 0 bridgehead atoms. The lowest BCUT2D eigenvalue weighted by molar-refractivity contribution is 0.385. The van der Waals surface area contributed by atoms with Crippen LogP contribution < -0.4 is 10.1 Å². The molecule has 102 valence electrons. The smallest absolute Gasteiger partial charge is 0.165 e. The van der Waals surface area contributed by atoms with Crippen LogP contribution in [-0.4, -0.2) is 7.11 Å². The van der Waals surface area contributed by atoms with Gasteiger partial charge in [0.2, 0.25) is 0 Å². The third kappa shape index (κ3) is 3.35. The highest BCUT2D eigenvalue weighted by Gasteiger charge is 2.10. The Morgan fingerprint density at radius 3 is 2.68 bits per heavy atom. The number of benzene rings is 1.